The van der Waals surface area contributed by atoms with Gasteiger partial charge < -0.3 is 32.3 Å². The Kier molecular flexibility index (Phi) is 5.51. The van der Waals surface area contributed by atoms with Gasteiger partial charge in [0.05, 0.1) is 0 Å². The van der Waals surface area contributed by atoms with Crippen molar-refractivity contribution < 1.29 is 0 Å². The number of nitrogens with two attached hydrogens (primary N) is 3. The van der Waals surface area contributed by atoms with Gasteiger partial charge in [-0.1, -0.05) is 6.07 Å². The van der Waals surface area contributed by atoms with Gasteiger partial charge in [-0.3, -0.25) is 0 Å². The van der Waals surface area contributed by atoms with E-state index in [1.54, 1.807) is 6.20 Å². The van der Waals surface area contributed by atoms with Gasteiger partial charge in [0.15, 0.2) is 0 Å². The van der Waals surface area contributed by atoms with Crippen LogP contribution in [0.3, 0.4) is 0 Å². The minimum atomic E-state index is -0.000395. The average molecular weight is 384 g/mol. The highest BCUT2D eigenvalue weighted by atomic mass is 15.4. The smallest absolute Gasteiger partial charge is 0.235 e. The lowest BCUT2D eigenvalue weighted by molar-refractivity contribution is 0.446. The molecule has 4 heterocycles. The van der Waals surface area contributed by atoms with Crippen molar-refractivity contribution in [1.82, 2.24) is 19.9 Å². The fraction of sp³-hybridized carbons (Fsp3) is 0.556. The molecule has 2 saturated heterocycles. The first kappa shape index (κ1) is 18.8. The molecule has 0 spiro atoms. The highest BCUT2D eigenvalue weighted by Crippen LogP contribution is 2.23. The third-order valence-electron chi connectivity index (χ3n) is 5.06. The maximum Gasteiger partial charge on any atom is 0.235 e. The molecule has 150 valence electrons. The van der Waals surface area contributed by atoms with E-state index < -0.39 is 0 Å². The molecule has 0 aliphatic carbocycles. The summed E-state index contributed by atoms with van der Waals surface area (Å²) < 4.78 is 0. The van der Waals surface area contributed by atoms with Crippen molar-refractivity contribution in [3.8, 4) is 0 Å². The monoisotopic (exact) mass is 384 g/mol. The molecule has 2 aliphatic heterocycles. The molecule has 0 unspecified atom stereocenters. The second kappa shape index (κ2) is 8.21. The van der Waals surface area contributed by atoms with Crippen LogP contribution in [0.4, 0.5) is 23.7 Å². The number of aromatic nitrogens is 4. The summed E-state index contributed by atoms with van der Waals surface area (Å²) in [4.78, 5) is 22.4. The van der Waals surface area contributed by atoms with E-state index in [0.29, 0.717) is 36.8 Å². The molecule has 4 rings (SSSR count). The van der Waals surface area contributed by atoms with E-state index in [9.17, 15) is 0 Å². The van der Waals surface area contributed by atoms with Crippen LogP contribution in [0.1, 0.15) is 19.3 Å². The Hall–Kier alpha value is -2.56. The van der Waals surface area contributed by atoms with Crippen molar-refractivity contribution in [1.29, 1.82) is 0 Å². The predicted octanol–water partition coefficient (Wildman–Crippen LogP) is -0.198. The van der Waals surface area contributed by atoms with Gasteiger partial charge in [-0.25, -0.2) is 4.98 Å². The lowest BCUT2D eigenvalue weighted by atomic mass is 10.0. The first-order valence-corrected chi connectivity index (χ1v) is 9.77. The summed E-state index contributed by atoms with van der Waals surface area (Å²) in [6.45, 7) is 2.93. The van der Waals surface area contributed by atoms with Crippen LogP contribution in [-0.4, -0.2) is 64.2 Å². The predicted molar refractivity (Wildman–Crippen MR) is 110 cm³/mol. The zero-order valence-corrected chi connectivity index (χ0v) is 15.9. The first-order chi connectivity index (χ1) is 13.6. The Morgan fingerprint density at radius 2 is 1.61 bits per heavy atom. The minimum absolute atomic E-state index is 0.000395. The lowest BCUT2D eigenvalue weighted by Crippen LogP contribution is -2.53. The van der Waals surface area contributed by atoms with Gasteiger partial charge >= 0.3 is 0 Å². The summed E-state index contributed by atoms with van der Waals surface area (Å²) in [5.41, 5.74) is 18.5. The largest absolute Gasteiger partial charge is 0.339 e. The second-order valence-electron chi connectivity index (χ2n) is 7.61. The SMILES string of the molecule is N[C@@H]1CCCN(c2nc(Nc3ccccn3)nc(N3C[C@H](N)C[C@H](N)C3)n2)C1. The van der Waals surface area contributed by atoms with E-state index in [1.165, 1.54) is 0 Å². The maximum absolute atomic E-state index is 6.17. The number of rotatable bonds is 4. The molecule has 28 heavy (non-hydrogen) atoms. The number of anilines is 4. The topological polar surface area (TPSA) is 148 Å². The zero-order chi connectivity index (χ0) is 19.5. The van der Waals surface area contributed by atoms with Gasteiger partial charge in [0.25, 0.3) is 0 Å². The molecular formula is C18H28N10. The van der Waals surface area contributed by atoms with Gasteiger partial charge in [0.2, 0.25) is 17.8 Å². The minimum Gasteiger partial charge on any atom is -0.339 e. The molecule has 3 atom stereocenters. The number of pyridine rings is 1. The van der Waals surface area contributed by atoms with E-state index in [-0.39, 0.29) is 18.1 Å². The fourth-order valence-electron chi connectivity index (χ4n) is 3.78. The number of hydrogen-bond acceptors (Lipinski definition) is 10. The lowest BCUT2D eigenvalue weighted by Gasteiger charge is -2.35. The van der Waals surface area contributed by atoms with Crippen molar-refractivity contribution in [2.45, 2.75) is 37.4 Å². The summed E-state index contributed by atoms with van der Waals surface area (Å²) in [5, 5.41) is 3.18. The molecule has 2 fully saturated rings. The van der Waals surface area contributed by atoms with Gasteiger partial charge in [0, 0.05) is 50.5 Å². The molecule has 10 heteroatoms. The molecule has 0 radical (unpaired) electrons. The molecule has 0 saturated carbocycles. The van der Waals surface area contributed by atoms with Crippen LogP contribution < -0.4 is 32.3 Å². The maximum atomic E-state index is 6.17. The van der Waals surface area contributed by atoms with E-state index in [0.717, 1.165) is 32.4 Å². The van der Waals surface area contributed by atoms with E-state index in [2.05, 4.69) is 25.2 Å². The Balaban J connectivity index is 1.66. The summed E-state index contributed by atoms with van der Waals surface area (Å²) in [6, 6.07) is 5.76. The van der Waals surface area contributed by atoms with Gasteiger partial charge in [-0.2, -0.15) is 15.0 Å². The van der Waals surface area contributed by atoms with Gasteiger partial charge in [-0.05, 0) is 31.4 Å². The van der Waals surface area contributed by atoms with Crippen LogP contribution in [0.2, 0.25) is 0 Å². The molecule has 7 N–H and O–H groups in total. The van der Waals surface area contributed by atoms with Crippen molar-refractivity contribution >= 4 is 23.7 Å². The Bertz CT molecular complexity index is 775. The van der Waals surface area contributed by atoms with Crippen LogP contribution in [0.15, 0.2) is 24.4 Å². The normalized spacial score (nSPS) is 25.6. The van der Waals surface area contributed by atoms with Crippen molar-refractivity contribution in [3.63, 3.8) is 0 Å². The molecule has 0 aromatic carbocycles. The molecule has 2 aliphatic rings. The second-order valence-corrected chi connectivity index (χ2v) is 7.61. The molecule has 2 aromatic rings. The summed E-state index contributed by atoms with van der Waals surface area (Å²) in [7, 11) is 0. The standard InChI is InChI=1S/C18H28N10/c19-12-4-3-7-27(9-12)17-24-16(23-15-5-1-2-6-22-15)25-18(26-17)28-10-13(20)8-14(21)11-28/h1-2,5-6,12-14H,3-4,7-11,19-21H2,(H,22,23,24,25,26)/t12-,13-,14+/m1/s1. The van der Waals surface area contributed by atoms with Crippen LogP contribution in [0, 0.1) is 0 Å². The average Bonchev–Trinajstić information content (AvgIpc) is 2.68. The zero-order valence-electron chi connectivity index (χ0n) is 15.9. The summed E-state index contributed by atoms with van der Waals surface area (Å²) in [5.74, 6) is 2.32. The quantitative estimate of drug-likeness (QED) is 0.558. The number of hydrogen-bond donors (Lipinski definition) is 4. The van der Waals surface area contributed by atoms with E-state index in [4.69, 9.17) is 22.2 Å². The van der Waals surface area contributed by atoms with Crippen molar-refractivity contribution in [2.24, 2.45) is 17.2 Å². The summed E-state index contributed by atoms with van der Waals surface area (Å²) >= 11 is 0. The van der Waals surface area contributed by atoms with E-state index >= 15 is 0 Å². The Morgan fingerprint density at radius 1 is 0.893 bits per heavy atom. The van der Waals surface area contributed by atoms with Crippen LogP contribution in [-0.2, 0) is 0 Å². The Labute approximate surface area is 164 Å². The molecule has 2 aromatic heterocycles. The van der Waals surface area contributed by atoms with Crippen LogP contribution in [0.25, 0.3) is 0 Å². The van der Waals surface area contributed by atoms with Crippen LogP contribution in [0.5, 0.6) is 0 Å². The van der Waals surface area contributed by atoms with Crippen molar-refractivity contribution in [2.75, 3.05) is 41.3 Å². The number of nitrogens with one attached hydrogen (secondary N) is 1. The van der Waals surface area contributed by atoms with E-state index in [1.807, 2.05) is 23.1 Å². The van der Waals surface area contributed by atoms with Gasteiger partial charge in [-0.15, -0.1) is 0 Å². The third kappa shape index (κ3) is 4.46. The van der Waals surface area contributed by atoms with Gasteiger partial charge in [0.1, 0.15) is 5.82 Å². The molecule has 0 amide bonds. The van der Waals surface area contributed by atoms with Crippen molar-refractivity contribution in [3.05, 3.63) is 24.4 Å². The highest BCUT2D eigenvalue weighted by molar-refractivity contribution is 5.53. The molecular weight excluding hydrogens is 356 g/mol. The Morgan fingerprint density at radius 3 is 2.29 bits per heavy atom. The van der Waals surface area contributed by atoms with Crippen LogP contribution >= 0.6 is 0 Å². The molecule has 10 nitrogen and oxygen atoms in total. The fourth-order valence-corrected chi connectivity index (χ4v) is 3.78. The molecule has 0 bridgehead atoms. The first-order valence-electron chi connectivity index (χ1n) is 9.77. The third-order valence-corrected chi connectivity index (χ3v) is 5.06. The number of piperidine rings is 2. The number of nitrogens with zero attached hydrogens (tertiary/aromatic N) is 6. The summed E-state index contributed by atoms with van der Waals surface area (Å²) in [6.07, 6.45) is 4.56. The highest BCUT2D eigenvalue weighted by Gasteiger charge is 2.27.